The van der Waals surface area contributed by atoms with Crippen molar-refractivity contribution in [2.75, 3.05) is 0 Å². The van der Waals surface area contributed by atoms with Gasteiger partial charge in [0.15, 0.2) is 0 Å². The third kappa shape index (κ3) is 3.86. The summed E-state index contributed by atoms with van der Waals surface area (Å²) in [4.78, 5) is 11.1. The molecule has 0 atom stereocenters. The van der Waals surface area contributed by atoms with Crippen LogP contribution in [0.15, 0.2) is 24.3 Å². The van der Waals surface area contributed by atoms with Gasteiger partial charge in [-0.3, -0.25) is 4.79 Å². The third-order valence-corrected chi connectivity index (χ3v) is 3.49. The maximum Gasteiger partial charge on any atom is 0.248 e. The molecule has 0 aliphatic heterocycles. The molecule has 0 aliphatic rings. The van der Waals surface area contributed by atoms with Crippen molar-refractivity contribution < 1.29 is 4.79 Å². The molecule has 0 aromatic heterocycles. The molecule has 0 aliphatic carbocycles. The second kappa shape index (κ2) is 5.82. The molecule has 0 unspecified atom stereocenters. The molecule has 0 heterocycles. The lowest BCUT2D eigenvalue weighted by Crippen LogP contribution is -2.40. The Morgan fingerprint density at radius 2 is 2.00 bits per heavy atom. The van der Waals surface area contributed by atoms with Gasteiger partial charge in [-0.25, -0.2) is 0 Å². The smallest absolute Gasteiger partial charge is 0.248 e. The molecule has 0 bridgehead atoms. The normalized spacial score (nSPS) is 11.5. The summed E-state index contributed by atoms with van der Waals surface area (Å²) in [6, 6.07) is 7.46. The minimum Gasteiger partial charge on any atom is -0.366 e. The van der Waals surface area contributed by atoms with Crippen molar-refractivity contribution in [3.63, 3.8) is 0 Å². The van der Waals surface area contributed by atoms with E-state index in [1.165, 1.54) is 0 Å². The molecule has 94 valence electrons. The Balaban J connectivity index is 2.69. The Morgan fingerprint density at radius 1 is 1.35 bits per heavy atom. The maximum atomic E-state index is 11.1. The van der Waals surface area contributed by atoms with Crippen LogP contribution in [0.4, 0.5) is 0 Å². The Kier molecular flexibility index (Phi) is 4.70. The van der Waals surface area contributed by atoms with Crippen LogP contribution in [0.25, 0.3) is 0 Å². The molecule has 1 aromatic carbocycles. The first-order chi connectivity index (χ1) is 8.00. The number of benzene rings is 1. The van der Waals surface area contributed by atoms with Gasteiger partial charge in [-0.1, -0.05) is 26.0 Å². The number of hydrogen-bond donors (Lipinski definition) is 2. The van der Waals surface area contributed by atoms with Gasteiger partial charge in [-0.2, -0.15) is 0 Å². The highest BCUT2D eigenvalue weighted by molar-refractivity contribution is 5.92. The largest absolute Gasteiger partial charge is 0.366 e. The molecular formula is C14H22N2O. The topological polar surface area (TPSA) is 55.1 Å². The molecule has 0 saturated heterocycles. The SMILES string of the molecule is CCC(C)(CC)NCc1cccc(C(N)=O)c1. The molecule has 17 heavy (non-hydrogen) atoms. The molecule has 0 spiro atoms. The van der Waals surface area contributed by atoms with Crippen molar-refractivity contribution in [3.8, 4) is 0 Å². The lowest BCUT2D eigenvalue weighted by Gasteiger charge is -2.28. The van der Waals surface area contributed by atoms with Gasteiger partial charge in [0, 0.05) is 17.6 Å². The molecule has 0 radical (unpaired) electrons. The van der Waals surface area contributed by atoms with Crippen molar-refractivity contribution in [1.29, 1.82) is 0 Å². The Hall–Kier alpha value is -1.35. The predicted octanol–water partition coefficient (Wildman–Crippen LogP) is 2.45. The summed E-state index contributed by atoms with van der Waals surface area (Å²) >= 11 is 0. The van der Waals surface area contributed by atoms with E-state index in [9.17, 15) is 4.79 Å². The summed E-state index contributed by atoms with van der Waals surface area (Å²) in [5.41, 5.74) is 7.07. The van der Waals surface area contributed by atoms with E-state index in [1.54, 1.807) is 6.07 Å². The van der Waals surface area contributed by atoms with E-state index in [-0.39, 0.29) is 11.4 Å². The van der Waals surface area contributed by atoms with Crippen molar-refractivity contribution in [3.05, 3.63) is 35.4 Å². The number of nitrogens with two attached hydrogens (primary N) is 1. The minimum atomic E-state index is -0.374. The van der Waals surface area contributed by atoms with Crippen LogP contribution in [-0.2, 0) is 6.54 Å². The number of carbonyl (C=O) groups is 1. The number of rotatable bonds is 6. The zero-order valence-corrected chi connectivity index (χ0v) is 10.9. The highest BCUT2D eigenvalue weighted by Gasteiger charge is 2.18. The fourth-order valence-corrected chi connectivity index (χ4v) is 1.65. The van der Waals surface area contributed by atoms with Gasteiger partial charge in [0.25, 0.3) is 0 Å². The Labute approximate surface area is 103 Å². The van der Waals surface area contributed by atoms with E-state index < -0.39 is 0 Å². The predicted molar refractivity (Wildman–Crippen MR) is 70.8 cm³/mol. The van der Waals surface area contributed by atoms with Gasteiger partial charge in [-0.15, -0.1) is 0 Å². The second-order valence-corrected chi connectivity index (χ2v) is 4.69. The van der Waals surface area contributed by atoms with Crippen molar-refractivity contribution in [1.82, 2.24) is 5.32 Å². The average molecular weight is 234 g/mol. The van der Waals surface area contributed by atoms with Gasteiger partial charge in [0.2, 0.25) is 5.91 Å². The summed E-state index contributed by atoms with van der Waals surface area (Å²) in [5.74, 6) is -0.374. The van der Waals surface area contributed by atoms with Gasteiger partial charge in [0.1, 0.15) is 0 Å². The highest BCUT2D eigenvalue weighted by Crippen LogP contribution is 2.15. The van der Waals surface area contributed by atoms with Crippen LogP contribution < -0.4 is 11.1 Å². The number of primary amides is 1. The number of nitrogens with one attached hydrogen (secondary N) is 1. The molecule has 3 N–H and O–H groups in total. The molecule has 3 nitrogen and oxygen atoms in total. The number of hydrogen-bond acceptors (Lipinski definition) is 2. The quantitative estimate of drug-likeness (QED) is 0.794. The minimum absolute atomic E-state index is 0.155. The molecule has 1 rings (SSSR count). The summed E-state index contributed by atoms with van der Waals surface area (Å²) in [6.45, 7) is 7.33. The molecular weight excluding hydrogens is 212 g/mol. The van der Waals surface area contributed by atoms with Crippen LogP contribution in [0.3, 0.4) is 0 Å². The molecule has 0 saturated carbocycles. The fourth-order valence-electron chi connectivity index (χ4n) is 1.65. The molecule has 1 aromatic rings. The first kappa shape index (κ1) is 13.7. The van der Waals surface area contributed by atoms with Crippen LogP contribution >= 0.6 is 0 Å². The van der Waals surface area contributed by atoms with E-state index in [0.29, 0.717) is 5.56 Å². The summed E-state index contributed by atoms with van der Waals surface area (Å²) < 4.78 is 0. The zero-order chi connectivity index (χ0) is 12.9. The van der Waals surface area contributed by atoms with Crippen LogP contribution in [0.1, 0.15) is 49.5 Å². The van der Waals surface area contributed by atoms with Crippen LogP contribution in [0.2, 0.25) is 0 Å². The fraction of sp³-hybridized carbons (Fsp3) is 0.500. The van der Waals surface area contributed by atoms with E-state index in [2.05, 4.69) is 26.1 Å². The average Bonchev–Trinajstić information content (AvgIpc) is 2.36. The van der Waals surface area contributed by atoms with Crippen LogP contribution in [0.5, 0.6) is 0 Å². The zero-order valence-electron chi connectivity index (χ0n) is 10.9. The lowest BCUT2D eigenvalue weighted by atomic mass is 9.95. The standard InChI is InChI=1S/C14H22N2O/c1-4-14(3,5-2)16-10-11-7-6-8-12(9-11)13(15)17/h6-9,16H,4-5,10H2,1-3H3,(H2,15,17). The first-order valence-electron chi connectivity index (χ1n) is 6.14. The molecule has 0 fully saturated rings. The van der Waals surface area contributed by atoms with Crippen molar-refractivity contribution in [2.45, 2.75) is 45.7 Å². The number of carbonyl (C=O) groups excluding carboxylic acids is 1. The second-order valence-electron chi connectivity index (χ2n) is 4.69. The van der Waals surface area contributed by atoms with E-state index in [1.807, 2.05) is 18.2 Å². The Bertz CT molecular complexity index is 384. The van der Waals surface area contributed by atoms with E-state index >= 15 is 0 Å². The van der Waals surface area contributed by atoms with Crippen molar-refractivity contribution in [2.24, 2.45) is 5.73 Å². The highest BCUT2D eigenvalue weighted by atomic mass is 16.1. The first-order valence-corrected chi connectivity index (χ1v) is 6.14. The van der Waals surface area contributed by atoms with E-state index in [4.69, 9.17) is 5.73 Å². The Morgan fingerprint density at radius 3 is 2.53 bits per heavy atom. The van der Waals surface area contributed by atoms with Crippen molar-refractivity contribution >= 4 is 5.91 Å². The van der Waals surface area contributed by atoms with Crippen LogP contribution in [0, 0.1) is 0 Å². The molecule has 3 heteroatoms. The molecule has 1 amide bonds. The van der Waals surface area contributed by atoms with Gasteiger partial charge < -0.3 is 11.1 Å². The van der Waals surface area contributed by atoms with Gasteiger partial charge >= 0.3 is 0 Å². The van der Waals surface area contributed by atoms with Crippen LogP contribution in [-0.4, -0.2) is 11.4 Å². The monoisotopic (exact) mass is 234 g/mol. The lowest BCUT2D eigenvalue weighted by molar-refractivity contribution is 0.1000. The number of amides is 1. The summed E-state index contributed by atoms with van der Waals surface area (Å²) in [6.07, 6.45) is 2.16. The van der Waals surface area contributed by atoms with Gasteiger partial charge in [0.05, 0.1) is 0 Å². The summed E-state index contributed by atoms with van der Waals surface area (Å²) in [7, 11) is 0. The van der Waals surface area contributed by atoms with Gasteiger partial charge in [-0.05, 0) is 37.5 Å². The maximum absolute atomic E-state index is 11.1. The van der Waals surface area contributed by atoms with E-state index in [0.717, 1.165) is 24.9 Å². The third-order valence-electron chi connectivity index (χ3n) is 3.49. The summed E-state index contributed by atoms with van der Waals surface area (Å²) in [5, 5.41) is 3.53.